The van der Waals surface area contributed by atoms with E-state index in [1.54, 1.807) is 11.3 Å². The van der Waals surface area contributed by atoms with Gasteiger partial charge in [0.15, 0.2) is 0 Å². The van der Waals surface area contributed by atoms with E-state index in [1.165, 1.54) is 65.0 Å². The number of rotatable bonds is 2. The molecule has 0 N–H and O–H groups in total. The number of fused-ring (bicyclic) bond motifs is 10. The lowest BCUT2D eigenvalue weighted by molar-refractivity contribution is 0.783. The molecule has 3 nitrogen and oxygen atoms in total. The van der Waals surface area contributed by atoms with Crippen molar-refractivity contribution in [3.63, 3.8) is 0 Å². The molecule has 2 aliphatic carbocycles. The molecule has 7 aromatic carbocycles. The Morgan fingerprint density at radius 2 is 1.14 bits per heavy atom. The van der Waals surface area contributed by atoms with E-state index >= 15 is 0 Å². The van der Waals surface area contributed by atoms with Crippen LogP contribution in [-0.4, -0.2) is 14.5 Å². The molecule has 0 bridgehead atoms. The van der Waals surface area contributed by atoms with E-state index in [1.807, 2.05) is 0 Å². The van der Waals surface area contributed by atoms with Crippen molar-refractivity contribution >= 4 is 64.2 Å². The van der Waals surface area contributed by atoms with Crippen molar-refractivity contribution in [3.05, 3.63) is 174 Å². The quantitative estimate of drug-likeness (QED) is 0.188. The zero-order valence-electron chi connectivity index (χ0n) is 26.2. The fraction of sp³-hybridized carbons (Fsp3) is 0.0222. The molecule has 3 aromatic heterocycles. The summed E-state index contributed by atoms with van der Waals surface area (Å²) < 4.78 is 4.67. The summed E-state index contributed by atoms with van der Waals surface area (Å²) in [5, 5.41) is 6.31. The van der Waals surface area contributed by atoms with E-state index in [2.05, 4.69) is 156 Å². The number of hydrogen-bond acceptors (Lipinski definition) is 3. The molecule has 4 heteroatoms. The molecule has 0 saturated heterocycles. The van der Waals surface area contributed by atoms with Crippen LogP contribution in [-0.2, 0) is 5.41 Å². The van der Waals surface area contributed by atoms with E-state index < -0.39 is 5.41 Å². The van der Waals surface area contributed by atoms with Crippen molar-refractivity contribution in [3.8, 4) is 28.3 Å². The smallest absolute Gasteiger partial charge is 0.235 e. The zero-order chi connectivity index (χ0) is 31.8. The maximum absolute atomic E-state index is 5.46. The molecule has 0 amide bonds. The van der Waals surface area contributed by atoms with Gasteiger partial charge in [0, 0.05) is 26.4 Å². The SMILES string of the molecule is c1ccc(-c2nc(-n3c4cccc5c4c4c6c(cccc6ccc43)C53c4ccccc4-c4ccccc43)nc3c2sc2ccccc23)cc1. The molecule has 226 valence electrons. The lowest BCUT2D eigenvalue weighted by Gasteiger charge is -2.37. The number of benzene rings is 7. The van der Waals surface area contributed by atoms with E-state index in [-0.39, 0.29) is 0 Å². The second-order valence-corrected chi connectivity index (χ2v) is 14.3. The van der Waals surface area contributed by atoms with Crippen molar-refractivity contribution in [1.29, 1.82) is 0 Å². The van der Waals surface area contributed by atoms with E-state index in [0.717, 1.165) is 32.5 Å². The Kier molecular flexibility index (Phi) is 4.80. The van der Waals surface area contributed by atoms with E-state index in [4.69, 9.17) is 9.97 Å². The van der Waals surface area contributed by atoms with Crippen LogP contribution in [0.15, 0.2) is 152 Å². The molecule has 49 heavy (non-hydrogen) atoms. The largest absolute Gasteiger partial charge is 0.278 e. The third kappa shape index (κ3) is 3.05. The Morgan fingerprint density at radius 1 is 0.490 bits per heavy atom. The van der Waals surface area contributed by atoms with Crippen LogP contribution in [0.25, 0.3) is 81.2 Å². The molecule has 3 heterocycles. The molecule has 10 aromatic rings. The predicted molar refractivity (Wildman–Crippen MR) is 203 cm³/mol. The highest BCUT2D eigenvalue weighted by Gasteiger charge is 2.50. The summed E-state index contributed by atoms with van der Waals surface area (Å²) in [5.74, 6) is 0.701. The van der Waals surface area contributed by atoms with E-state index in [0.29, 0.717) is 5.95 Å². The second-order valence-electron chi connectivity index (χ2n) is 13.3. The minimum atomic E-state index is -0.441. The van der Waals surface area contributed by atoms with Crippen molar-refractivity contribution < 1.29 is 0 Å². The summed E-state index contributed by atoms with van der Waals surface area (Å²) >= 11 is 1.77. The fourth-order valence-electron chi connectivity index (χ4n) is 9.20. The van der Waals surface area contributed by atoms with Crippen LogP contribution in [0.5, 0.6) is 0 Å². The summed E-state index contributed by atoms with van der Waals surface area (Å²) in [4.78, 5) is 10.9. The van der Waals surface area contributed by atoms with Gasteiger partial charge in [-0.3, -0.25) is 4.57 Å². The van der Waals surface area contributed by atoms with Gasteiger partial charge in [0.25, 0.3) is 0 Å². The summed E-state index contributed by atoms with van der Waals surface area (Å²) in [6.45, 7) is 0. The Morgan fingerprint density at radius 3 is 1.96 bits per heavy atom. The first-order chi connectivity index (χ1) is 24.3. The summed E-state index contributed by atoms with van der Waals surface area (Å²) in [5.41, 5.74) is 12.9. The van der Waals surface area contributed by atoms with Gasteiger partial charge in [-0.25, -0.2) is 9.97 Å². The monoisotopic (exact) mass is 639 g/mol. The molecule has 0 saturated carbocycles. The standard InChI is InChI=1S/C45H25N3S/c1-2-12-27(13-3-1)41-43-42(30-17-6-9-23-37(30)49-43)47-44(46-41)48-35-22-11-21-34-39(35)40-36(48)25-24-26-14-10-20-33(38(26)40)45(34)31-18-7-4-15-28(31)29-16-5-8-19-32(29)45/h1-25H. The Bertz CT molecular complexity index is 3010. The first-order valence-electron chi connectivity index (χ1n) is 16.8. The van der Waals surface area contributed by atoms with Gasteiger partial charge in [-0.2, -0.15) is 0 Å². The fourth-order valence-corrected chi connectivity index (χ4v) is 10.4. The third-order valence-corrected chi connectivity index (χ3v) is 12.2. The van der Waals surface area contributed by atoms with Crippen molar-refractivity contribution in [2.45, 2.75) is 5.41 Å². The number of aromatic nitrogens is 3. The number of thiophene rings is 1. The zero-order valence-corrected chi connectivity index (χ0v) is 27.0. The first-order valence-corrected chi connectivity index (χ1v) is 17.6. The first kappa shape index (κ1) is 25.9. The highest BCUT2D eigenvalue weighted by atomic mass is 32.1. The Hall–Kier alpha value is -6.10. The highest BCUT2D eigenvalue weighted by Crippen LogP contribution is 2.62. The van der Waals surface area contributed by atoms with Gasteiger partial charge in [0.05, 0.1) is 32.4 Å². The summed E-state index contributed by atoms with van der Waals surface area (Å²) in [6, 6.07) is 55.5. The molecule has 0 radical (unpaired) electrons. The van der Waals surface area contributed by atoms with Gasteiger partial charge >= 0.3 is 0 Å². The average Bonchev–Trinajstić information content (AvgIpc) is 3.81. The van der Waals surface area contributed by atoms with Crippen molar-refractivity contribution in [2.24, 2.45) is 0 Å². The van der Waals surface area contributed by atoms with Gasteiger partial charge < -0.3 is 0 Å². The van der Waals surface area contributed by atoms with Crippen LogP contribution in [0.4, 0.5) is 0 Å². The molecule has 0 atom stereocenters. The topological polar surface area (TPSA) is 30.7 Å². The Balaban J connectivity index is 1.28. The molecule has 0 fully saturated rings. The van der Waals surface area contributed by atoms with Gasteiger partial charge in [-0.15, -0.1) is 11.3 Å². The van der Waals surface area contributed by atoms with Gasteiger partial charge in [0.1, 0.15) is 0 Å². The lowest BCUT2D eigenvalue weighted by Crippen LogP contribution is -2.30. The van der Waals surface area contributed by atoms with E-state index in [9.17, 15) is 0 Å². The van der Waals surface area contributed by atoms with Crippen LogP contribution < -0.4 is 0 Å². The number of nitrogens with zero attached hydrogens (tertiary/aromatic N) is 3. The van der Waals surface area contributed by atoms with Crippen LogP contribution in [0.3, 0.4) is 0 Å². The maximum atomic E-state index is 5.46. The van der Waals surface area contributed by atoms with Crippen LogP contribution >= 0.6 is 11.3 Å². The second kappa shape index (κ2) is 9.07. The van der Waals surface area contributed by atoms with Crippen molar-refractivity contribution in [1.82, 2.24) is 14.5 Å². The molecule has 1 spiro atoms. The third-order valence-electron chi connectivity index (χ3n) is 11.0. The predicted octanol–water partition coefficient (Wildman–Crippen LogP) is 11.4. The molecule has 0 aliphatic heterocycles. The maximum Gasteiger partial charge on any atom is 0.235 e. The van der Waals surface area contributed by atoms with Gasteiger partial charge in [0.2, 0.25) is 5.95 Å². The van der Waals surface area contributed by atoms with Crippen LogP contribution in [0.2, 0.25) is 0 Å². The molecule has 0 unspecified atom stereocenters. The Labute approximate surface area is 285 Å². The molecule has 12 rings (SSSR count). The van der Waals surface area contributed by atoms with Crippen LogP contribution in [0.1, 0.15) is 22.3 Å². The molecule has 2 aliphatic rings. The van der Waals surface area contributed by atoms with Gasteiger partial charge in [-0.1, -0.05) is 133 Å². The summed E-state index contributed by atoms with van der Waals surface area (Å²) in [7, 11) is 0. The molecular formula is C45H25N3S. The average molecular weight is 640 g/mol. The minimum Gasteiger partial charge on any atom is -0.278 e. The molecular weight excluding hydrogens is 615 g/mol. The lowest BCUT2D eigenvalue weighted by atomic mass is 9.63. The van der Waals surface area contributed by atoms with Gasteiger partial charge in [-0.05, 0) is 62.4 Å². The van der Waals surface area contributed by atoms with Crippen LogP contribution in [0, 0.1) is 0 Å². The summed E-state index contributed by atoms with van der Waals surface area (Å²) in [6.07, 6.45) is 0. The minimum absolute atomic E-state index is 0.441. The highest BCUT2D eigenvalue weighted by molar-refractivity contribution is 7.26. The number of hydrogen-bond donors (Lipinski definition) is 0. The van der Waals surface area contributed by atoms with Crippen molar-refractivity contribution in [2.75, 3.05) is 0 Å². The normalized spacial score (nSPS) is 13.9.